The fourth-order valence-corrected chi connectivity index (χ4v) is 1.28. The maximum atomic E-state index is 10.8. The second-order valence-corrected chi connectivity index (χ2v) is 2.82. The second-order valence-electron chi connectivity index (χ2n) is 2.82. The van der Waals surface area contributed by atoms with Gasteiger partial charge in [-0.3, -0.25) is 4.79 Å². The fraction of sp³-hybridized carbons (Fsp3) is 0.625. The highest BCUT2D eigenvalue weighted by Gasteiger charge is 2.23. The van der Waals surface area contributed by atoms with Gasteiger partial charge in [0.05, 0.1) is 0 Å². The zero-order valence-electron chi connectivity index (χ0n) is 6.23. The Morgan fingerprint density at radius 3 is 2.73 bits per heavy atom. The zero-order valence-corrected chi connectivity index (χ0v) is 6.23. The highest BCUT2D eigenvalue weighted by atomic mass is 16.3. The van der Waals surface area contributed by atoms with Crippen LogP contribution in [0.15, 0.2) is 12.2 Å². The van der Waals surface area contributed by atoms with E-state index in [1.54, 1.807) is 6.08 Å². The number of ketones is 1. The number of hydrogen-bond donors (Lipinski definition) is 2. The molecule has 0 aromatic heterocycles. The van der Waals surface area contributed by atoms with Crippen molar-refractivity contribution in [2.75, 3.05) is 13.2 Å². The lowest BCUT2D eigenvalue weighted by molar-refractivity contribution is -0.116. The molecule has 2 atom stereocenters. The van der Waals surface area contributed by atoms with Crippen molar-refractivity contribution in [3.63, 3.8) is 0 Å². The topological polar surface area (TPSA) is 57.5 Å². The van der Waals surface area contributed by atoms with E-state index in [1.807, 2.05) is 0 Å². The van der Waals surface area contributed by atoms with E-state index in [0.717, 1.165) is 0 Å². The Hall–Kier alpha value is -0.670. The number of carbonyl (C=O) groups is 1. The Morgan fingerprint density at radius 2 is 2.18 bits per heavy atom. The normalized spacial score (nSPS) is 30.9. The lowest BCUT2D eigenvalue weighted by Gasteiger charge is -2.22. The van der Waals surface area contributed by atoms with Crippen LogP contribution in [-0.2, 0) is 4.79 Å². The van der Waals surface area contributed by atoms with Crippen molar-refractivity contribution in [1.29, 1.82) is 0 Å². The summed E-state index contributed by atoms with van der Waals surface area (Å²) in [7, 11) is 0. The molecule has 0 aromatic rings. The number of aliphatic hydroxyl groups is 2. The molecule has 0 fully saturated rings. The van der Waals surface area contributed by atoms with E-state index >= 15 is 0 Å². The number of aliphatic hydroxyl groups excluding tert-OH is 2. The van der Waals surface area contributed by atoms with Crippen molar-refractivity contribution in [2.45, 2.75) is 6.42 Å². The Bertz CT molecular complexity index is 174. The summed E-state index contributed by atoms with van der Waals surface area (Å²) in [6.07, 6.45) is 3.51. The molecule has 1 aliphatic rings. The van der Waals surface area contributed by atoms with Gasteiger partial charge >= 0.3 is 0 Å². The minimum absolute atomic E-state index is 0.00894. The molecule has 62 valence electrons. The van der Waals surface area contributed by atoms with Crippen LogP contribution in [0, 0.1) is 11.8 Å². The van der Waals surface area contributed by atoms with Gasteiger partial charge in [-0.05, 0) is 12.0 Å². The predicted molar refractivity (Wildman–Crippen MR) is 39.9 cm³/mol. The van der Waals surface area contributed by atoms with Crippen LogP contribution in [0.5, 0.6) is 0 Å². The average molecular weight is 156 g/mol. The van der Waals surface area contributed by atoms with E-state index in [0.29, 0.717) is 6.42 Å². The van der Waals surface area contributed by atoms with E-state index in [-0.39, 0.29) is 30.8 Å². The van der Waals surface area contributed by atoms with Gasteiger partial charge in [0, 0.05) is 25.6 Å². The Morgan fingerprint density at radius 1 is 1.45 bits per heavy atom. The molecule has 0 saturated carbocycles. The minimum Gasteiger partial charge on any atom is -0.396 e. The third kappa shape index (κ3) is 1.88. The molecule has 1 rings (SSSR count). The van der Waals surface area contributed by atoms with Crippen LogP contribution in [-0.4, -0.2) is 29.2 Å². The molecule has 0 aromatic carbocycles. The molecule has 0 amide bonds. The van der Waals surface area contributed by atoms with Crippen LogP contribution in [0.25, 0.3) is 0 Å². The monoisotopic (exact) mass is 156 g/mol. The third-order valence-corrected chi connectivity index (χ3v) is 2.04. The maximum Gasteiger partial charge on any atom is 0.155 e. The molecule has 0 aliphatic heterocycles. The van der Waals surface area contributed by atoms with E-state index in [2.05, 4.69) is 0 Å². The first-order valence-electron chi connectivity index (χ1n) is 3.70. The van der Waals surface area contributed by atoms with Gasteiger partial charge in [0.25, 0.3) is 0 Å². The van der Waals surface area contributed by atoms with E-state index in [4.69, 9.17) is 10.2 Å². The summed E-state index contributed by atoms with van der Waals surface area (Å²) in [5, 5.41) is 17.6. The smallest absolute Gasteiger partial charge is 0.155 e. The summed E-state index contributed by atoms with van der Waals surface area (Å²) in [5.41, 5.74) is 0. The highest BCUT2D eigenvalue weighted by Crippen LogP contribution is 2.21. The lowest BCUT2D eigenvalue weighted by Crippen LogP contribution is -2.26. The van der Waals surface area contributed by atoms with Gasteiger partial charge in [0.15, 0.2) is 5.78 Å². The summed E-state index contributed by atoms with van der Waals surface area (Å²) in [4.78, 5) is 10.8. The van der Waals surface area contributed by atoms with Gasteiger partial charge in [-0.15, -0.1) is 0 Å². The summed E-state index contributed by atoms with van der Waals surface area (Å²) < 4.78 is 0. The maximum absolute atomic E-state index is 10.8. The fourth-order valence-electron chi connectivity index (χ4n) is 1.28. The van der Waals surface area contributed by atoms with Crippen LogP contribution < -0.4 is 0 Å². The Labute approximate surface area is 65.3 Å². The average Bonchev–Trinajstić information content (AvgIpc) is 2.04. The SMILES string of the molecule is O=C1C=C[C@@H](CO)[C@@H](CO)C1. The van der Waals surface area contributed by atoms with Crippen molar-refractivity contribution in [3.05, 3.63) is 12.2 Å². The molecular formula is C8H12O3. The molecule has 3 nitrogen and oxygen atoms in total. The molecular weight excluding hydrogens is 144 g/mol. The summed E-state index contributed by atoms with van der Waals surface area (Å²) >= 11 is 0. The van der Waals surface area contributed by atoms with Gasteiger partial charge in [-0.2, -0.15) is 0 Å². The zero-order chi connectivity index (χ0) is 8.27. The molecule has 0 saturated heterocycles. The minimum atomic E-state index is -0.0856. The first-order valence-corrected chi connectivity index (χ1v) is 3.70. The van der Waals surface area contributed by atoms with E-state index in [1.165, 1.54) is 6.08 Å². The van der Waals surface area contributed by atoms with Gasteiger partial charge in [0.1, 0.15) is 0 Å². The largest absolute Gasteiger partial charge is 0.396 e. The quantitative estimate of drug-likeness (QED) is 0.578. The van der Waals surface area contributed by atoms with E-state index in [9.17, 15) is 4.79 Å². The molecule has 0 radical (unpaired) electrons. The molecule has 3 heteroatoms. The number of carbonyl (C=O) groups excluding carboxylic acids is 1. The van der Waals surface area contributed by atoms with Crippen molar-refractivity contribution >= 4 is 5.78 Å². The standard InChI is InChI=1S/C8H12O3/c9-4-6-1-2-8(11)3-7(6)5-10/h1-2,6-7,9-10H,3-5H2/t6-,7+/m0/s1. The second kappa shape index (κ2) is 3.64. The molecule has 11 heavy (non-hydrogen) atoms. The summed E-state index contributed by atoms with van der Waals surface area (Å²) in [6.45, 7) is -0.0175. The first-order chi connectivity index (χ1) is 5.27. The molecule has 0 spiro atoms. The molecule has 2 N–H and O–H groups in total. The number of hydrogen-bond acceptors (Lipinski definition) is 3. The van der Waals surface area contributed by atoms with Crippen molar-refractivity contribution in [3.8, 4) is 0 Å². The molecule has 0 unspecified atom stereocenters. The number of rotatable bonds is 2. The van der Waals surface area contributed by atoms with Crippen molar-refractivity contribution in [2.24, 2.45) is 11.8 Å². The molecule has 0 bridgehead atoms. The van der Waals surface area contributed by atoms with Crippen LogP contribution >= 0.6 is 0 Å². The molecule has 1 aliphatic carbocycles. The van der Waals surface area contributed by atoms with Crippen LogP contribution in [0.1, 0.15) is 6.42 Å². The third-order valence-electron chi connectivity index (χ3n) is 2.04. The highest BCUT2D eigenvalue weighted by molar-refractivity contribution is 5.90. The molecule has 0 heterocycles. The van der Waals surface area contributed by atoms with E-state index < -0.39 is 0 Å². The van der Waals surface area contributed by atoms with Crippen molar-refractivity contribution in [1.82, 2.24) is 0 Å². The summed E-state index contributed by atoms with van der Waals surface area (Å²) in [5.74, 6) is -0.0936. The predicted octanol–water partition coefficient (Wildman–Crippen LogP) is -0.268. The van der Waals surface area contributed by atoms with Gasteiger partial charge in [0.2, 0.25) is 0 Å². The Balaban J connectivity index is 2.63. The summed E-state index contributed by atoms with van der Waals surface area (Å²) in [6, 6.07) is 0. The number of allylic oxidation sites excluding steroid dienone is 1. The van der Waals surface area contributed by atoms with Gasteiger partial charge in [-0.1, -0.05) is 6.08 Å². The van der Waals surface area contributed by atoms with Crippen LogP contribution in [0.4, 0.5) is 0 Å². The van der Waals surface area contributed by atoms with Crippen LogP contribution in [0.3, 0.4) is 0 Å². The Kier molecular flexibility index (Phi) is 2.79. The first kappa shape index (κ1) is 8.43. The lowest BCUT2D eigenvalue weighted by atomic mass is 9.84. The van der Waals surface area contributed by atoms with Crippen LogP contribution in [0.2, 0.25) is 0 Å². The van der Waals surface area contributed by atoms with Gasteiger partial charge < -0.3 is 10.2 Å². The van der Waals surface area contributed by atoms with Gasteiger partial charge in [-0.25, -0.2) is 0 Å². The van der Waals surface area contributed by atoms with Crippen molar-refractivity contribution < 1.29 is 15.0 Å².